The van der Waals surface area contributed by atoms with Crippen LogP contribution in [0.4, 0.5) is 14.9 Å². The molecular weight excluding hydrogens is 435 g/mol. The van der Waals surface area contributed by atoms with Gasteiger partial charge in [0.2, 0.25) is 5.91 Å². The molecule has 3 N–H and O–H groups in total. The first-order valence-corrected chi connectivity index (χ1v) is 10.8. The van der Waals surface area contributed by atoms with Crippen LogP contribution < -0.4 is 16.0 Å². The minimum absolute atomic E-state index is 0.0175. The van der Waals surface area contributed by atoms with Gasteiger partial charge in [0, 0.05) is 31.7 Å². The zero-order valence-electron chi connectivity index (χ0n) is 19.0. The topological polar surface area (TPSA) is 99.8 Å². The van der Waals surface area contributed by atoms with Crippen molar-refractivity contribution in [2.24, 2.45) is 5.92 Å². The predicted molar refractivity (Wildman–Crippen MR) is 124 cm³/mol. The van der Waals surface area contributed by atoms with Crippen molar-refractivity contribution < 1.29 is 23.5 Å². The number of nitrogens with one attached hydrogen (secondary N) is 3. The molecule has 2 rings (SSSR count). The Kier molecular flexibility index (Phi) is 8.54. The zero-order chi connectivity index (χ0) is 24.1. The van der Waals surface area contributed by atoms with E-state index in [-0.39, 0.29) is 22.9 Å². The van der Waals surface area contributed by atoms with Crippen LogP contribution >= 0.6 is 12.2 Å². The molecule has 0 aromatic heterocycles. The van der Waals surface area contributed by atoms with Gasteiger partial charge in [0.05, 0.1) is 6.04 Å². The molecule has 0 radical (unpaired) electrons. The number of rotatable bonds is 4. The van der Waals surface area contributed by atoms with Gasteiger partial charge in [-0.3, -0.25) is 9.59 Å². The summed E-state index contributed by atoms with van der Waals surface area (Å²) in [7, 11) is 3.38. The lowest BCUT2D eigenvalue weighted by atomic mass is 9.81. The fourth-order valence-electron chi connectivity index (χ4n) is 3.51. The third-order valence-electron chi connectivity index (χ3n) is 4.97. The number of halogens is 1. The highest BCUT2D eigenvalue weighted by Gasteiger charge is 2.37. The summed E-state index contributed by atoms with van der Waals surface area (Å²) in [5.41, 5.74) is -0.269. The fraction of sp³-hybridized carbons (Fsp3) is 0.545. The number of carbonyl (C=O) groups is 3. The number of thiocarbonyl (C=S) groups is 1. The first-order chi connectivity index (χ1) is 14.9. The maximum atomic E-state index is 13.1. The van der Waals surface area contributed by atoms with E-state index in [1.807, 2.05) is 0 Å². The van der Waals surface area contributed by atoms with Crippen LogP contribution in [0.5, 0.6) is 0 Å². The molecule has 3 atom stereocenters. The van der Waals surface area contributed by atoms with E-state index in [2.05, 4.69) is 16.0 Å². The Hall–Kier alpha value is -2.75. The monoisotopic (exact) mass is 466 g/mol. The van der Waals surface area contributed by atoms with Crippen LogP contribution in [0.1, 0.15) is 40.0 Å². The van der Waals surface area contributed by atoms with Crippen LogP contribution in [0.3, 0.4) is 0 Å². The summed E-state index contributed by atoms with van der Waals surface area (Å²) in [6.45, 7) is 5.28. The molecule has 10 heteroatoms. The molecule has 1 fully saturated rings. The summed E-state index contributed by atoms with van der Waals surface area (Å²) in [5, 5.41) is 8.43. The first-order valence-electron chi connectivity index (χ1n) is 10.4. The van der Waals surface area contributed by atoms with E-state index in [1.54, 1.807) is 34.9 Å². The average Bonchev–Trinajstić information content (AvgIpc) is 2.68. The summed E-state index contributed by atoms with van der Waals surface area (Å²) < 4.78 is 18.4. The lowest BCUT2D eigenvalue weighted by molar-refractivity contribution is -0.134. The largest absolute Gasteiger partial charge is 0.444 e. The highest BCUT2D eigenvalue weighted by molar-refractivity contribution is 7.82. The van der Waals surface area contributed by atoms with Crippen molar-refractivity contribution >= 4 is 40.8 Å². The molecular formula is C22H31FN4O4S. The molecule has 1 aromatic carbocycles. The molecule has 8 nitrogen and oxygen atoms in total. The molecule has 0 saturated heterocycles. The number of carbonyl (C=O) groups excluding carboxylic acids is 3. The number of amides is 3. The highest BCUT2D eigenvalue weighted by Crippen LogP contribution is 2.27. The Labute approximate surface area is 193 Å². The normalized spacial score (nSPS) is 20.6. The molecule has 0 heterocycles. The number of ether oxygens (including phenoxy) is 1. The second-order valence-corrected chi connectivity index (χ2v) is 9.44. The van der Waals surface area contributed by atoms with E-state index in [0.717, 1.165) is 0 Å². The van der Waals surface area contributed by atoms with Crippen molar-refractivity contribution in [3.05, 3.63) is 30.1 Å². The van der Waals surface area contributed by atoms with Crippen molar-refractivity contribution in [3.63, 3.8) is 0 Å². The maximum Gasteiger partial charge on any atom is 0.407 e. The molecule has 1 aliphatic carbocycles. The van der Waals surface area contributed by atoms with Crippen LogP contribution in [0.2, 0.25) is 0 Å². The van der Waals surface area contributed by atoms with Gasteiger partial charge in [-0.15, -0.1) is 0 Å². The van der Waals surface area contributed by atoms with E-state index < -0.39 is 29.5 Å². The molecule has 3 amide bonds. The lowest BCUT2D eigenvalue weighted by Crippen LogP contribution is -2.57. The van der Waals surface area contributed by atoms with Crippen molar-refractivity contribution in [1.29, 1.82) is 0 Å². The number of anilines is 1. The minimum atomic E-state index is -0.676. The standard InChI is InChI=1S/C22H31FN4O4S/c1-22(2,3)31-21(30)26-17-12-13(20(29)27(4)5)6-11-16(17)25-19(32)18(28)24-15-9-7-14(23)8-10-15/h7-10,13,16-17H,6,11-12H2,1-5H3,(H,24,28)(H,25,32)(H,26,30)/t13-,16?,17?/m0/s1. The summed E-state index contributed by atoms with van der Waals surface area (Å²) in [6.07, 6.45) is 0.891. The second kappa shape index (κ2) is 10.7. The molecule has 1 aromatic rings. The maximum absolute atomic E-state index is 13.1. The van der Waals surface area contributed by atoms with Crippen molar-refractivity contribution in [2.45, 2.75) is 57.7 Å². The summed E-state index contributed by atoms with van der Waals surface area (Å²) in [5.74, 6) is -1.24. The number of hydrogen-bond donors (Lipinski definition) is 3. The molecule has 176 valence electrons. The lowest BCUT2D eigenvalue weighted by Gasteiger charge is -2.37. The Morgan fingerprint density at radius 1 is 1.06 bits per heavy atom. The summed E-state index contributed by atoms with van der Waals surface area (Å²) in [4.78, 5) is 38.8. The number of benzene rings is 1. The van der Waals surface area contributed by atoms with Gasteiger partial charge in [-0.2, -0.15) is 0 Å². The Morgan fingerprint density at radius 2 is 1.69 bits per heavy atom. The summed E-state index contributed by atoms with van der Waals surface area (Å²) >= 11 is 5.24. The molecule has 1 saturated carbocycles. The molecule has 0 bridgehead atoms. The van der Waals surface area contributed by atoms with E-state index in [0.29, 0.717) is 24.9 Å². The van der Waals surface area contributed by atoms with E-state index in [4.69, 9.17) is 17.0 Å². The van der Waals surface area contributed by atoms with Gasteiger partial charge < -0.3 is 25.6 Å². The highest BCUT2D eigenvalue weighted by atomic mass is 32.1. The second-order valence-electron chi connectivity index (χ2n) is 9.04. The smallest absolute Gasteiger partial charge is 0.407 e. The van der Waals surface area contributed by atoms with Crippen LogP contribution in [0.15, 0.2) is 24.3 Å². The van der Waals surface area contributed by atoms with Gasteiger partial charge in [0.15, 0.2) is 4.99 Å². The van der Waals surface area contributed by atoms with Gasteiger partial charge in [0.25, 0.3) is 5.91 Å². The molecule has 0 aliphatic heterocycles. The molecule has 0 spiro atoms. The third kappa shape index (κ3) is 7.74. The number of nitrogens with zero attached hydrogens (tertiary/aromatic N) is 1. The quantitative estimate of drug-likeness (QED) is 0.590. The fourth-order valence-corrected chi connectivity index (χ4v) is 3.71. The SMILES string of the molecule is CN(C)C(=O)[C@H]1CCC(NC(=S)C(=O)Nc2ccc(F)cc2)C(NC(=O)OC(C)(C)C)C1. The summed E-state index contributed by atoms with van der Waals surface area (Å²) in [6, 6.07) is 4.50. The van der Waals surface area contributed by atoms with Gasteiger partial charge in [-0.05, 0) is 64.3 Å². The van der Waals surface area contributed by atoms with Gasteiger partial charge >= 0.3 is 6.09 Å². The van der Waals surface area contributed by atoms with Crippen LogP contribution in [-0.4, -0.2) is 59.6 Å². The van der Waals surface area contributed by atoms with Crippen molar-refractivity contribution in [3.8, 4) is 0 Å². The Bertz CT molecular complexity index is 854. The van der Waals surface area contributed by atoms with Gasteiger partial charge in [-0.1, -0.05) is 12.2 Å². The van der Waals surface area contributed by atoms with Crippen LogP contribution in [0, 0.1) is 11.7 Å². The van der Waals surface area contributed by atoms with E-state index >= 15 is 0 Å². The molecule has 32 heavy (non-hydrogen) atoms. The van der Waals surface area contributed by atoms with Crippen molar-refractivity contribution in [2.75, 3.05) is 19.4 Å². The van der Waals surface area contributed by atoms with Crippen LogP contribution in [0.25, 0.3) is 0 Å². The molecule has 2 unspecified atom stereocenters. The van der Waals surface area contributed by atoms with E-state index in [9.17, 15) is 18.8 Å². The Balaban J connectivity index is 2.07. The Morgan fingerprint density at radius 3 is 2.25 bits per heavy atom. The van der Waals surface area contributed by atoms with Crippen LogP contribution in [-0.2, 0) is 14.3 Å². The van der Waals surface area contributed by atoms with Crippen molar-refractivity contribution in [1.82, 2.24) is 15.5 Å². The third-order valence-corrected chi connectivity index (χ3v) is 5.27. The predicted octanol–water partition coefficient (Wildman–Crippen LogP) is 2.83. The average molecular weight is 467 g/mol. The molecule has 1 aliphatic rings. The number of alkyl carbamates (subject to hydrolysis) is 1. The first kappa shape index (κ1) is 25.5. The zero-order valence-corrected chi connectivity index (χ0v) is 19.8. The van der Waals surface area contributed by atoms with E-state index in [1.165, 1.54) is 29.2 Å². The minimum Gasteiger partial charge on any atom is -0.444 e. The number of hydrogen-bond acceptors (Lipinski definition) is 5. The van der Waals surface area contributed by atoms with Gasteiger partial charge in [0.1, 0.15) is 11.4 Å². The van der Waals surface area contributed by atoms with Gasteiger partial charge in [-0.25, -0.2) is 9.18 Å².